The molecule has 3 heterocycles. The van der Waals surface area contributed by atoms with Gasteiger partial charge in [-0.25, -0.2) is 0 Å². The van der Waals surface area contributed by atoms with Crippen LogP contribution in [-0.4, -0.2) is 17.0 Å². The molecule has 1 amide bonds. The van der Waals surface area contributed by atoms with Crippen molar-refractivity contribution in [1.82, 2.24) is 4.57 Å². The summed E-state index contributed by atoms with van der Waals surface area (Å²) in [4.78, 5) is 30.0. The molecule has 0 saturated heterocycles. The number of carbonyl (C=O) groups excluding carboxylic acids is 1. The molecule has 0 bridgehead atoms. The predicted molar refractivity (Wildman–Crippen MR) is 144 cm³/mol. The Morgan fingerprint density at radius 3 is 2.51 bits per heavy atom. The molecule has 35 heavy (non-hydrogen) atoms. The molecule has 7 heteroatoms. The Morgan fingerprint density at radius 2 is 1.77 bits per heavy atom. The molecule has 0 radical (unpaired) electrons. The highest BCUT2D eigenvalue weighted by Crippen LogP contribution is 2.46. The van der Waals surface area contributed by atoms with Gasteiger partial charge >= 0.3 is 0 Å². The Hall–Kier alpha value is -3.35. The first-order valence-corrected chi connectivity index (χ1v) is 12.6. The molecule has 0 spiro atoms. The first kappa shape index (κ1) is 22.1. The third-order valence-corrected chi connectivity index (χ3v) is 7.65. The Kier molecular flexibility index (Phi) is 5.31. The number of halogens is 2. The molecule has 0 fully saturated rings. The van der Waals surface area contributed by atoms with Gasteiger partial charge < -0.3 is 14.8 Å². The minimum Gasteiger partial charge on any atom is -0.329 e. The Morgan fingerprint density at radius 1 is 1.03 bits per heavy atom. The van der Waals surface area contributed by atoms with Crippen molar-refractivity contribution in [2.45, 2.75) is 19.4 Å². The zero-order valence-corrected chi connectivity index (χ0v) is 21.2. The zero-order chi connectivity index (χ0) is 24.3. The quantitative estimate of drug-likeness (QED) is 0.328. The summed E-state index contributed by atoms with van der Waals surface area (Å²) in [7, 11) is 0. The molecular weight excluding hydrogens is 526 g/mol. The van der Waals surface area contributed by atoms with Crippen LogP contribution in [-0.2, 0) is 11.3 Å². The lowest BCUT2D eigenvalue weighted by molar-refractivity contribution is -0.113. The fraction of sp³-hybridized carbons (Fsp3) is 0.143. The van der Waals surface area contributed by atoms with E-state index in [1.54, 1.807) is 6.07 Å². The number of carbonyl (C=O) groups is 1. The Bertz CT molecular complexity index is 1590. The summed E-state index contributed by atoms with van der Waals surface area (Å²) in [6, 6.07) is 22.7. The number of fused-ring (bicyclic) bond motifs is 2. The average molecular weight is 547 g/mol. The second-order valence-electron chi connectivity index (χ2n) is 8.83. The first-order chi connectivity index (χ1) is 16.9. The summed E-state index contributed by atoms with van der Waals surface area (Å²) in [6.07, 6.45) is 0. The van der Waals surface area contributed by atoms with Crippen LogP contribution in [0.1, 0.15) is 24.0 Å². The standard InChI is InChI=1S/C28H21BrClN3O2/c1-16-23(27(35)31-20-5-3-2-4-6-20)24(17-7-9-18(29)10-8-17)25-26(34)21-15-19(30)11-12-22(21)33-14-13-32(16)28(25)33/h2-12,15,24H,13-14H2,1H3,(H,31,35). The molecular formula is C28H21BrClN3O2. The highest BCUT2D eigenvalue weighted by molar-refractivity contribution is 9.10. The van der Waals surface area contributed by atoms with Gasteiger partial charge in [0.05, 0.1) is 11.1 Å². The van der Waals surface area contributed by atoms with Crippen LogP contribution in [0, 0.1) is 0 Å². The van der Waals surface area contributed by atoms with Gasteiger partial charge in [0.1, 0.15) is 5.82 Å². The van der Waals surface area contributed by atoms with E-state index in [9.17, 15) is 9.59 Å². The molecule has 1 unspecified atom stereocenters. The van der Waals surface area contributed by atoms with Crippen molar-refractivity contribution >= 4 is 55.8 Å². The molecule has 174 valence electrons. The van der Waals surface area contributed by atoms with E-state index in [0.717, 1.165) is 33.6 Å². The minimum atomic E-state index is -0.515. The molecule has 0 aliphatic carbocycles. The summed E-state index contributed by atoms with van der Waals surface area (Å²) < 4.78 is 3.12. The number of nitrogens with zero attached hydrogens (tertiary/aromatic N) is 2. The lowest BCUT2D eigenvalue weighted by atomic mass is 9.80. The van der Waals surface area contributed by atoms with Gasteiger partial charge in [-0.3, -0.25) is 9.59 Å². The summed E-state index contributed by atoms with van der Waals surface area (Å²) in [6.45, 7) is 3.38. The predicted octanol–water partition coefficient (Wildman–Crippen LogP) is 6.30. The van der Waals surface area contributed by atoms with Gasteiger partial charge in [-0.15, -0.1) is 0 Å². The maximum absolute atomic E-state index is 14.1. The smallest absolute Gasteiger partial charge is 0.254 e. The van der Waals surface area contributed by atoms with Crippen LogP contribution >= 0.6 is 27.5 Å². The van der Waals surface area contributed by atoms with Crippen LogP contribution in [0.4, 0.5) is 11.5 Å². The molecule has 0 saturated carbocycles. The number of anilines is 2. The highest BCUT2D eigenvalue weighted by Gasteiger charge is 2.41. The molecule has 2 aliphatic rings. The van der Waals surface area contributed by atoms with Gasteiger partial charge in [-0.1, -0.05) is 57.9 Å². The van der Waals surface area contributed by atoms with E-state index in [1.165, 1.54) is 0 Å². The highest BCUT2D eigenvalue weighted by atomic mass is 79.9. The monoisotopic (exact) mass is 545 g/mol. The van der Waals surface area contributed by atoms with E-state index in [1.807, 2.05) is 73.7 Å². The number of allylic oxidation sites excluding steroid dienone is 1. The first-order valence-electron chi connectivity index (χ1n) is 11.4. The maximum Gasteiger partial charge on any atom is 0.254 e. The molecule has 1 N–H and O–H groups in total. The van der Waals surface area contributed by atoms with Gasteiger partial charge in [-0.2, -0.15) is 0 Å². The van der Waals surface area contributed by atoms with Crippen molar-refractivity contribution in [3.05, 3.63) is 115 Å². The van der Waals surface area contributed by atoms with Crippen molar-refractivity contribution in [3.63, 3.8) is 0 Å². The summed E-state index contributed by atoms with van der Waals surface area (Å²) >= 11 is 9.81. The number of rotatable bonds is 3. The van der Waals surface area contributed by atoms with Crippen LogP contribution in [0.3, 0.4) is 0 Å². The molecule has 1 atom stereocenters. The van der Waals surface area contributed by atoms with Gasteiger partial charge in [0, 0.05) is 50.8 Å². The number of nitrogens with one attached hydrogen (secondary N) is 1. The second kappa shape index (κ2) is 8.40. The van der Waals surface area contributed by atoms with E-state index < -0.39 is 5.92 Å². The summed E-state index contributed by atoms with van der Waals surface area (Å²) in [5, 5.41) is 4.14. The number of hydrogen-bond donors (Lipinski definition) is 1. The van der Waals surface area contributed by atoms with Crippen LogP contribution in [0.2, 0.25) is 5.02 Å². The lowest BCUT2D eigenvalue weighted by Crippen LogP contribution is -2.36. The fourth-order valence-corrected chi connectivity index (χ4v) is 5.78. The zero-order valence-electron chi connectivity index (χ0n) is 18.9. The molecule has 6 rings (SSSR count). The van der Waals surface area contributed by atoms with Crippen molar-refractivity contribution in [2.24, 2.45) is 0 Å². The van der Waals surface area contributed by atoms with Crippen LogP contribution in [0.15, 0.2) is 93.3 Å². The van der Waals surface area contributed by atoms with E-state index in [-0.39, 0.29) is 11.3 Å². The molecule has 1 aromatic heterocycles. The van der Waals surface area contributed by atoms with E-state index in [2.05, 4.69) is 30.7 Å². The third kappa shape index (κ3) is 3.51. The Labute approximate surface area is 215 Å². The number of aromatic nitrogens is 1. The topological polar surface area (TPSA) is 54.3 Å². The number of amides is 1. The van der Waals surface area contributed by atoms with Gasteiger partial charge in [0.2, 0.25) is 0 Å². The van der Waals surface area contributed by atoms with Crippen molar-refractivity contribution in [1.29, 1.82) is 0 Å². The van der Waals surface area contributed by atoms with E-state index in [0.29, 0.717) is 33.8 Å². The number of para-hydroxylation sites is 1. The van der Waals surface area contributed by atoms with Crippen molar-refractivity contribution in [2.75, 3.05) is 16.8 Å². The Balaban J connectivity index is 1.63. The van der Waals surface area contributed by atoms with Gasteiger partial charge in [0.15, 0.2) is 5.43 Å². The van der Waals surface area contributed by atoms with Crippen LogP contribution in [0.25, 0.3) is 10.9 Å². The van der Waals surface area contributed by atoms with E-state index >= 15 is 0 Å². The lowest BCUT2D eigenvalue weighted by Gasteiger charge is -2.35. The second-order valence-corrected chi connectivity index (χ2v) is 10.2. The SMILES string of the molecule is CC1=C(C(=O)Nc2ccccc2)C(c2ccc(Br)cc2)c2c3n(c4ccc(Cl)cc4c2=O)CCN13. The van der Waals surface area contributed by atoms with E-state index in [4.69, 9.17) is 11.6 Å². The summed E-state index contributed by atoms with van der Waals surface area (Å²) in [5.74, 6) is 0.140. The average Bonchev–Trinajstić information content (AvgIpc) is 3.30. The van der Waals surface area contributed by atoms with Crippen LogP contribution in [0.5, 0.6) is 0 Å². The normalized spacial score (nSPS) is 16.5. The number of hydrogen-bond acceptors (Lipinski definition) is 3. The summed E-state index contributed by atoms with van der Waals surface area (Å²) in [5.41, 5.74) is 4.42. The third-order valence-electron chi connectivity index (χ3n) is 6.89. The fourth-order valence-electron chi connectivity index (χ4n) is 5.34. The van der Waals surface area contributed by atoms with Crippen molar-refractivity contribution in [3.8, 4) is 0 Å². The van der Waals surface area contributed by atoms with Crippen LogP contribution < -0.4 is 15.6 Å². The molecule has 2 aliphatic heterocycles. The van der Waals surface area contributed by atoms with Gasteiger partial charge in [-0.05, 0) is 55.0 Å². The van der Waals surface area contributed by atoms with Gasteiger partial charge in [0.25, 0.3) is 5.91 Å². The minimum absolute atomic E-state index is 0.0916. The molecule has 5 nitrogen and oxygen atoms in total. The maximum atomic E-state index is 14.1. The molecule has 4 aromatic rings. The number of benzene rings is 3. The number of pyridine rings is 1. The largest absolute Gasteiger partial charge is 0.329 e. The van der Waals surface area contributed by atoms with Crippen molar-refractivity contribution < 1.29 is 4.79 Å². The molecule has 3 aromatic carbocycles.